The van der Waals surface area contributed by atoms with Crippen molar-refractivity contribution in [3.63, 3.8) is 0 Å². The maximum Gasteiger partial charge on any atom is 0.243 e. The molecule has 1 heterocycles. The van der Waals surface area contributed by atoms with Gasteiger partial charge in [0, 0.05) is 31.2 Å². The van der Waals surface area contributed by atoms with Crippen LogP contribution in [0.3, 0.4) is 0 Å². The number of halogens is 1. The molecule has 0 N–H and O–H groups in total. The molecule has 1 aliphatic rings. The smallest absolute Gasteiger partial charge is 0.243 e. The number of piperazine rings is 1. The van der Waals surface area contributed by atoms with E-state index in [4.69, 9.17) is 11.6 Å². The summed E-state index contributed by atoms with van der Waals surface area (Å²) in [4.78, 5) is 2.66. The van der Waals surface area contributed by atoms with E-state index in [-0.39, 0.29) is 0 Å². The molecule has 6 heteroatoms. The Morgan fingerprint density at radius 3 is 2.19 bits per heavy atom. The highest BCUT2D eigenvalue weighted by atomic mass is 35.5. The van der Waals surface area contributed by atoms with E-state index in [1.807, 2.05) is 0 Å². The Morgan fingerprint density at radius 2 is 1.67 bits per heavy atom. The SMILES string of the molecule is CC(C)CCN1CCN(S(=O)(=O)c2ccc(Cl)cc2)CC1. The van der Waals surface area contributed by atoms with Gasteiger partial charge in [-0.2, -0.15) is 4.31 Å². The van der Waals surface area contributed by atoms with Crippen molar-refractivity contribution in [3.8, 4) is 0 Å². The molecule has 4 nitrogen and oxygen atoms in total. The normalized spacial score (nSPS) is 18.3. The molecule has 0 unspecified atom stereocenters. The minimum absolute atomic E-state index is 0.322. The standard InChI is InChI=1S/C15H23ClN2O2S/c1-13(2)7-8-17-9-11-18(12-10-17)21(19,20)15-5-3-14(16)4-6-15/h3-6,13H,7-12H2,1-2H3. The van der Waals surface area contributed by atoms with Crippen LogP contribution in [0.1, 0.15) is 20.3 Å². The molecular weight excluding hydrogens is 308 g/mol. The first kappa shape index (κ1) is 16.7. The maximum atomic E-state index is 12.5. The number of hydrogen-bond donors (Lipinski definition) is 0. The van der Waals surface area contributed by atoms with E-state index in [9.17, 15) is 8.42 Å². The molecule has 1 fully saturated rings. The summed E-state index contributed by atoms with van der Waals surface area (Å²) in [5.74, 6) is 0.681. The third-order valence-corrected chi connectivity index (χ3v) is 5.97. The molecule has 0 aromatic heterocycles. The van der Waals surface area contributed by atoms with E-state index in [1.165, 1.54) is 0 Å². The molecule has 0 aliphatic carbocycles. The number of benzene rings is 1. The Morgan fingerprint density at radius 1 is 1.10 bits per heavy atom. The van der Waals surface area contributed by atoms with Gasteiger partial charge in [-0.15, -0.1) is 0 Å². The minimum Gasteiger partial charge on any atom is -0.301 e. The van der Waals surface area contributed by atoms with Gasteiger partial charge in [-0.3, -0.25) is 0 Å². The average molecular weight is 331 g/mol. The van der Waals surface area contributed by atoms with Crippen molar-refractivity contribution in [1.82, 2.24) is 9.21 Å². The molecule has 0 spiro atoms. The van der Waals surface area contributed by atoms with E-state index in [1.54, 1.807) is 28.6 Å². The monoisotopic (exact) mass is 330 g/mol. The van der Waals surface area contributed by atoms with E-state index >= 15 is 0 Å². The van der Waals surface area contributed by atoms with Gasteiger partial charge in [-0.1, -0.05) is 25.4 Å². The number of hydrogen-bond acceptors (Lipinski definition) is 3. The Hall–Kier alpha value is -0.620. The van der Waals surface area contributed by atoms with Gasteiger partial charge < -0.3 is 4.90 Å². The summed E-state index contributed by atoms with van der Waals surface area (Å²) in [7, 11) is -3.39. The number of rotatable bonds is 5. The van der Waals surface area contributed by atoms with Gasteiger partial charge in [0.1, 0.15) is 0 Å². The zero-order chi connectivity index (χ0) is 15.5. The zero-order valence-electron chi connectivity index (χ0n) is 12.6. The summed E-state index contributed by atoms with van der Waals surface area (Å²) >= 11 is 5.81. The van der Waals surface area contributed by atoms with E-state index in [0.717, 1.165) is 26.1 Å². The zero-order valence-corrected chi connectivity index (χ0v) is 14.2. The lowest BCUT2D eigenvalue weighted by Gasteiger charge is -2.34. The van der Waals surface area contributed by atoms with Gasteiger partial charge in [0.15, 0.2) is 0 Å². The summed E-state index contributed by atoms with van der Waals surface area (Å²) in [6, 6.07) is 6.38. The highest BCUT2D eigenvalue weighted by Crippen LogP contribution is 2.20. The summed E-state index contributed by atoms with van der Waals surface area (Å²) in [5, 5.41) is 0.549. The van der Waals surface area contributed by atoms with E-state index in [2.05, 4.69) is 18.7 Å². The Kier molecular flexibility index (Phi) is 5.66. The van der Waals surface area contributed by atoms with Crippen molar-refractivity contribution in [2.24, 2.45) is 5.92 Å². The van der Waals surface area contributed by atoms with Crippen LogP contribution in [0.25, 0.3) is 0 Å². The number of nitrogens with zero attached hydrogens (tertiary/aromatic N) is 2. The predicted octanol–water partition coefficient (Wildman–Crippen LogP) is 2.69. The van der Waals surface area contributed by atoms with E-state index < -0.39 is 10.0 Å². The lowest BCUT2D eigenvalue weighted by molar-refractivity contribution is 0.180. The summed E-state index contributed by atoms with van der Waals surface area (Å²) in [6.07, 6.45) is 1.16. The van der Waals surface area contributed by atoms with Crippen LogP contribution in [0.2, 0.25) is 5.02 Å². The van der Waals surface area contributed by atoms with Gasteiger partial charge >= 0.3 is 0 Å². The van der Waals surface area contributed by atoms with Crippen LogP contribution < -0.4 is 0 Å². The van der Waals surface area contributed by atoms with Gasteiger partial charge in [-0.05, 0) is 43.1 Å². The lowest BCUT2D eigenvalue weighted by atomic mass is 10.1. The molecule has 1 aromatic carbocycles. The first-order valence-corrected chi connectivity index (χ1v) is 9.19. The molecular formula is C15H23ClN2O2S. The van der Waals surface area contributed by atoms with Crippen molar-refractivity contribution in [2.45, 2.75) is 25.2 Å². The third kappa shape index (κ3) is 4.42. The van der Waals surface area contributed by atoms with Crippen molar-refractivity contribution in [3.05, 3.63) is 29.3 Å². The second-order valence-electron chi connectivity index (χ2n) is 5.88. The van der Waals surface area contributed by atoms with Crippen LogP contribution in [0.4, 0.5) is 0 Å². The van der Waals surface area contributed by atoms with Crippen molar-refractivity contribution in [1.29, 1.82) is 0 Å². The fraction of sp³-hybridized carbons (Fsp3) is 0.600. The molecule has 0 amide bonds. The Balaban J connectivity index is 1.96. The summed E-state index contributed by atoms with van der Waals surface area (Å²) in [6.45, 7) is 8.19. The summed E-state index contributed by atoms with van der Waals surface area (Å²) in [5.41, 5.74) is 0. The molecule has 0 saturated carbocycles. The molecule has 1 aliphatic heterocycles. The molecule has 118 valence electrons. The lowest BCUT2D eigenvalue weighted by Crippen LogP contribution is -2.48. The molecule has 2 rings (SSSR count). The highest BCUT2D eigenvalue weighted by molar-refractivity contribution is 7.89. The van der Waals surface area contributed by atoms with Gasteiger partial charge in [0.25, 0.3) is 0 Å². The van der Waals surface area contributed by atoms with Crippen LogP contribution in [0, 0.1) is 5.92 Å². The van der Waals surface area contributed by atoms with E-state index in [0.29, 0.717) is 28.9 Å². The van der Waals surface area contributed by atoms with Gasteiger partial charge in [-0.25, -0.2) is 8.42 Å². The maximum absolute atomic E-state index is 12.5. The average Bonchev–Trinajstić information content (AvgIpc) is 2.46. The van der Waals surface area contributed by atoms with Crippen molar-refractivity contribution in [2.75, 3.05) is 32.7 Å². The van der Waals surface area contributed by atoms with Crippen molar-refractivity contribution >= 4 is 21.6 Å². The molecule has 1 saturated heterocycles. The third-order valence-electron chi connectivity index (χ3n) is 3.81. The molecule has 1 aromatic rings. The first-order valence-electron chi connectivity index (χ1n) is 7.37. The van der Waals surface area contributed by atoms with Gasteiger partial charge in [0.05, 0.1) is 4.90 Å². The predicted molar refractivity (Wildman–Crippen MR) is 86.1 cm³/mol. The second kappa shape index (κ2) is 7.09. The second-order valence-corrected chi connectivity index (χ2v) is 8.26. The van der Waals surface area contributed by atoms with Gasteiger partial charge in [0.2, 0.25) is 10.0 Å². The fourth-order valence-electron chi connectivity index (χ4n) is 2.39. The van der Waals surface area contributed by atoms with Crippen LogP contribution in [-0.4, -0.2) is 50.3 Å². The van der Waals surface area contributed by atoms with Crippen molar-refractivity contribution < 1.29 is 8.42 Å². The molecule has 0 bridgehead atoms. The number of sulfonamides is 1. The largest absolute Gasteiger partial charge is 0.301 e. The van der Waals surface area contributed by atoms with Crippen LogP contribution in [-0.2, 0) is 10.0 Å². The highest BCUT2D eigenvalue weighted by Gasteiger charge is 2.28. The fourth-order valence-corrected chi connectivity index (χ4v) is 3.94. The minimum atomic E-state index is -3.39. The van der Waals surface area contributed by atoms with Crippen LogP contribution >= 0.6 is 11.6 Å². The molecule has 21 heavy (non-hydrogen) atoms. The Labute approximate surface area is 132 Å². The molecule has 0 atom stereocenters. The van der Waals surface area contributed by atoms with Crippen LogP contribution in [0.5, 0.6) is 0 Å². The quantitative estimate of drug-likeness (QED) is 0.833. The molecule has 0 radical (unpaired) electrons. The summed E-state index contributed by atoms with van der Waals surface area (Å²) < 4.78 is 26.6. The topological polar surface area (TPSA) is 40.6 Å². The van der Waals surface area contributed by atoms with Crippen LogP contribution in [0.15, 0.2) is 29.2 Å². The first-order chi connectivity index (χ1) is 9.89. The Bertz CT molecular complexity index is 550.